The Labute approximate surface area is 122 Å². The molecule has 1 unspecified atom stereocenters. The molecule has 1 saturated heterocycles. The maximum atomic E-state index is 10.8. The van der Waals surface area contributed by atoms with Gasteiger partial charge in [-0.15, -0.1) is 0 Å². The number of hydrogen-bond acceptors (Lipinski definition) is 3. The Hall–Kier alpha value is -0.870. The maximum absolute atomic E-state index is 10.8. The van der Waals surface area contributed by atoms with Gasteiger partial charge >= 0.3 is 0 Å². The maximum Gasteiger partial charge on any atom is 0.0727 e. The quantitative estimate of drug-likeness (QED) is 0.833. The Morgan fingerprint density at radius 2 is 1.95 bits per heavy atom. The van der Waals surface area contributed by atoms with Crippen molar-refractivity contribution in [1.29, 1.82) is 0 Å². The molecule has 4 nitrogen and oxygen atoms in total. The van der Waals surface area contributed by atoms with Crippen LogP contribution in [0.4, 0.5) is 0 Å². The molecule has 1 aliphatic heterocycles. The van der Waals surface area contributed by atoms with Gasteiger partial charge < -0.3 is 5.11 Å². The number of aliphatic hydroxyl groups excluding tert-OH is 1. The molecule has 1 aliphatic rings. The van der Waals surface area contributed by atoms with E-state index in [1.807, 2.05) is 24.0 Å². The lowest BCUT2D eigenvalue weighted by atomic mass is 9.82. The average Bonchev–Trinajstić information content (AvgIpc) is 3.11. The van der Waals surface area contributed by atoms with Crippen molar-refractivity contribution in [3.63, 3.8) is 0 Å². The molecule has 1 aromatic heterocycles. The average molecular weight is 279 g/mol. The summed E-state index contributed by atoms with van der Waals surface area (Å²) in [5, 5.41) is 15.0. The fourth-order valence-corrected chi connectivity index (χ4v) is 3.74. The van der Waals surface area contributed by atoms with E-state index in [0.717, 1.165) is 38.8 Å². The first-order valence-electron chi connectivity index (χ1n) is 8.04. The van der Waals surface area contributed by atoms with Gasteiger partial charge in [0.15, 0.2) is 0 Å². The molecule has 0 spiro atoms. The van der Waals surface area contributed by atoms with Crippen LogP contribution in [-0.2, 0) is 13.5 Å². The Kier molecular flexibility index (Phi) is 5.22. The molecular formula is C16H29N3O. The predicted octanol–water partition coefficient (Wildman–Crippen LogP) is 2.37. The monoisotopic (exact) mass is 279 g/mol. The zero-order valence-electron chi connectivity index (χ0n) is 13.2. The number of rotatable bonds is 7. The van der Waals surface area contributed by atoms with Crippen molar-refractivity contribution in [2.24, 2.45) is 7.05 Å². The van der Waals surface area contributed by atoms with Gasteiger partial charge in [0, 0.05) is 24.5 Å². The first-order chi connectivity index (χ1) is 9.64. The lowest BCUT2D eigenvalue weighted by molar-refractivity contribution is -0.0315. The van der Waals surface area contributed by atoms with E-state index in [2.05, 4.69) is 23.8 Å². The van der Waals surface area contributed by atoms with Crippen molar-refractivity contribution in [1.82, 2.24) is 14.7 Å². The van der Waals surface area contributed by atoms with Crippen molar-refractivity contribution in [2.45, 2.75) is 64.0 Å². The summed E-state index contributed by atoms with van der Waals surface area (Å²) in [6, 6.07) is 2.04. The van der Waals surface area contributed by atoms with Crippen LogP contribution in [0, 0.1) is 0 Å². The number of aromatic nitrogens is 2. The van der Waals surface area contributed by atoms with Crippen LogP contribution in [0.25, 0.3) is 0 Å². The van der Waals surface area contributed by atoms with Crippen LogP contribution < -0.4 is 0 Å². The summed E-state index contributed by atoms with van der Waals surface area (Å²) in [5.41, 5.74) is 1.17. The smallest absolute Gasteiger partial charge is 0.0727 e. The van der Waals surface area contributed by atoms with Crippen LogP contribution in [0.5, 0.6) is 0 Å². The van der Waals surface area contributed by atoms with Crippen LogP contribution in [0.2, 0.25) is 0 Å². The van der Waals surface area contributed by atoms with E-state index in [4.69, 9.17) is 0 Å². The molecule has 0 saturated carbocycles. The summed E-state index contributed by atoms with van der Waals surface area (Å²) in [5.74, 6) is 0. The fourth-order valence-electron chi connectivity index (χ4n) is 3.74. The minimum absolute atomic E-state index is 0.0326. The Balaban J connectivity index is 2.03. The van der Waals surface area contributed by atoms with Crippen LogP contribution in [0.1, 0.15) is 51.6 Å². The van der Waals surface area contributed by atoms with Crippen molar-refractivity contribution in [3.05, 3.63) is 18.0 Å². The van der Waals surface area contributed by atoms with Gasteiger partial charge in [-0.2, -0.15) is 5.10 Å². The molecule has 2 heterocycles. The second kappa shape index (κ2) is 6.72. The minimum Gasteiger partial charge on any atom is -0.391 e. The summed E-state index contributed by atoms with van der Waals surface area (Å²) >= 11 is 0. The van der Waals surface area contributed by atoms with E-state index < -0.39 is 0 Å². The zero-order valence-corrected chi connectivity index (χ0v) is 13.2. The second-order valence-corrected chi connectivity index (χ2v) is 6.01. The van der Waals surface area contributed by atoms with Crippen LogP contribution in [-0.4, -0.2) is 44.5 Å². The second-order valence-electron chi connectivity index (χ2n) is 6.01. The van der Waals surface area contributed by atoms with E-state index >= 15 is 0 Å². The third-order valence-electron chi connectivity index (χ3n) is 5.18. The minimum atomic E-state index is -0.259. The molecule has 114 valence electrons. The standard InChI is InChI=1S/C16H29N3O/c1-4-16(5-2,19-12-6-7-13-19)15(20)9-8-14-10-11-17-18(14)3/h10-11,15,20H,4-9,12-13H2,1-3H3. The topological polar surface area (TPSA) is 41.3 Å². The molecule has 1 aromatic rings. The van der Waals surface area contributed by atoms with Gasteiger partial charge in [-0.05, 0) is 57.7 Å². The SMILES string of the molecule is CCC(CC)(C(O)CCc1ccnn1C)N1CCCC1. The summed E-state index contributed by atoms with van der Waals surface area (Å²) < 4.78 is 1.90. The van der Waals surface area contributed by atoms with Crippen molar-refractivity contribution < 1.29 is 5.11 Å². The first-order valence-corrected chi connectivity index (χ1v) is 8.04. The molecule has 1 fully saturated rings. The molecule has 20 heavy (non-hydrogen) atoms. The highest BCUT2D eigenvalue weighted by atomic mass is 16.3. The van der Waals surface area contributed by atoms with Gasteiger partial charge in [-0.3, -0.25) is 9.58 Å². The van der Waals surface area contributed by atoms with Crippen molar-refractivity contribution >= 4 is 0 Å². The first kappa shape index (κ1) is 15.5. The van der Waals surface area contributed by atoms with Crippen molar-refractivity contribution in [3.8, 4) is 0 Å². The van der Waals surface area contributed by atoms with E-state index in [9.17, 15) is 5.11 Å². The van der Waals surface area contributed by atoms with Crippen LogP contribution in [0.3, 0.4) is 0 Å². The highest BCUT2D eigenvalue weighted by Crippen LogP contribution is 2.33. The molecule has 0 radical (unpaired) electrons. The normalized spacial score (nSPS) is 18.6. The molecule has 1 N–H and O–H groups in total. The van der Waals surface area contributed by atoms with Gasteiger partial charge in [0.25, 0.3) is 0 Å². The largest absolute Gasteiger partial charge is 0.391 e. The predicted molar refractivity (Wildman–Crippen MR) is 81.7 cm³/mol. The summed E-state index contributed by atoms with van der Waals surface area (Å²) in [6.45, 7) is 6.72. The van der Waals surface area contributed by atoms with Gasteiger partial charge in [0.2, 0.25) is 0 Å². The number of aryl methyl sites for hydroxylation is 2. The fraction of sp³-hybridized carbons (Fsp3) is 0.812. The third-order valence-corrected chi connectivity index (χ3v) is 5.18. The number of nitrogens with zero attached hydrogens (tertiary/aromatic N) is 3. The van der Waals surface area contributed by atoms with Gasteiger partial charge in [-0.25, -0.2) is 0 Å². The summed E-state index contributed by atoms with van der Waals surface area (Å²) in [4.78, 5) is 2.53. The van der Waals surface area contributed by atoms with Gasteiger partial charge in [-0.1, -0.05) is 13.8 Å². The number of hydrogen-bond donors (Lipinski definition) is 1. The van der Waals surface area contributed by atoms with Crippen LogP contribution >= 0.6 is 0 Å². The number of aliphatic hydroxyl groups is 1. The highest BCUT2D eigenvalue weighted by Gasteiger charge is 2.40. The van der Waals surface area contributed by atoms with E-state index in [1.54, 1.807) is 0 Å². The molecule has 2 rings (SSSR count). The Morgan fingerprint density at radius 1 is 1.30 bits per heavy atom. The molecular weight excluding hydrogens is 250 g/mol. The molecule has 0 aliphatic carbocycles. The van der Waals surface area contributed by atoms with Crippen molar-refractivity contribution in [2.75, 3.05) is 13.1 Å². The van der Waals surface area contributed by atoms with E-state index in [0.29, 0.717) is 0 Å². The Morgan fingerprint density at radius 3 is 2.45 bits per heavy atom. The van der Waals surface area contributed by atoms with E-state index in [-0.39, 0.29) is 11.6 Å². The third kappa shape index (κ3) is 2.91. The summed E-state index contributed by atoms with van der Waals surface area (Å²) in [6.07, 6.45) is 7.88. The van der Waals surface area contributed by atoms with Crippen LogP contribution in [0.15, 0.2) is 12.3 Å². The van der Waals surface area contributed by atoms with E-state index in [1.165, 1.54) is 18.5 Å². The highest BCUT2D eigenvalue weighted by molar-refractivity contribution is 5.03. The summed E-state index contributed by atoms with van der Waals surface area (Å²) in [7, 11) is 1.97. The van der Waals surface area contributed by atoms with Gasteiger partial charge in [0.05, 0.1) is 6.10 Å². The molecule has 0 bridgehead atoms. The molecule has 1 atom stereocenters. The zero-order chi connectivity index (χ0) is 14.6. The lowest BCUT2D eigenvalue weighted by Gasteiger charge is -2.44. The molecule has 0 amide bonds. The number of likely N-dealkylation sites (tertiary alicyclic amines) is 1. The van der Waals surface area contributed by atoms with Gasteiger partial charge in [0.1, 0.15) is 0 Å². The Bertz CT molecular complexity index is 406. The molecule has 4 heteroatoms. The lowest BCUT2D eigenvalue weighted by Crippen LogP contribution is -2.55. The molecule has 0 aromatic carbocycles.